The molecule has 2 bridgehead atoms. The predicted octanol–water partition coefficient (Wildman–Crippen LogP) is 4.85. The maximum absolute atomic E-state index is 11.5. The van der Waals surface area contributed by atoms with Crippen LogP contribution < -0.4 is 0 Å². The molecular formula is C29H46O7. The van der Waals surface area contributed by atoms with Gasteiger partial charge in [-0.2, -0.15) is 0 Å². The van der Waals surface area contributed by atoms with Gasteiger partial charge in [0.15, 0.2) is 18.4 Å². The highest BCUT2D eigenvalue weighted by Crippen LogP contribution is 2.55. The number of aliphatic hydroxyl groups is 1. The van der Waals surface area contributed by atoms with Crippen molar-refractivity contribution in [3.63, 3.8) is 0 Å². The van der Waals surface area contributed by atoms with Gasteiger partial charge in [-0.15, -0.1) is 0 Å². The van der Waals surface area contributed by atoms with E-state index >= 15 is 0 Å². The molecule has 7 heteroatoms. The van der Waals surface area contributed by atoms with Gasteiger partial charge in [-0.05, 0) is 82.5 Å². The van der Waals surface area contributed by atoms with Gasteiger partial charge in [0.2, 0.25) is 0 Å². The second-order valence-corrected chi connectivity index (χ2v) is 13.0. The lowest BCUT2D eigenvalue weighted by Gasteiger charge is -2.52. The molecule has 7 rings (SSSR count). The predicted molar refractivity (Wildman–Crippen MR) is 133 cm³/mol. The molecule has 0 aromatic rings. The van der Waals surface area contributed by atoms with Crippen molar-refractivity contribution in [2.45, 2.75) is 140 Å². The van der Waals surface area contributed by atoms with Crippen LogP contribution in [-0.2, 0) is 28.4 Å². The molecule has 2 aliphatic carbocycles. The molecule has 5 heterocycles. The average molecular weight is 507 g/mol. The monoisotopic (exact) mass is 506 g/mol. The van der Waals surface area contributed by atoms with Crippen LogP contribution >= 0.6 is 0 Å². The zero-order valence-corrected chi connectivity index (χ0v) is 22.6. The highest BCUT2D eigenvalue weighted by molar-refractivity contribution is 5.22. The Labute approximate surface area is 216 Å². The van der Waals surface area contributed by atoms with Crippen LogP contribution in [0.25, 0.3) is 0 Å². The lowest BCUT2D eigenvalue weighted by Crippen LogP contribution is -2.55. The average Bonchev–Trinajstić information content (AvgIpc) is 3.62. The number of epoxide rings is 1. The third-order valence-corrected chi connectivity index (χ3v) is 10.7. The zero-order valence-electron chi connectivity index (χ0n) is 22.6. The smallest absolute Gasteiger partial charge is 0.190 e. The Hall–Kier alpha value is -0.540. The van der Waals surface area contributed by atoms with Crippen molar-refractivity contribution in [1.82, 2.24) is 0 Å². The summed E-state index contributed by atoms with van der Waals surface area (Å²) < 4.78 is 35.9. The Morgan fingerprint density at radius 1 is 1.08 bits per heavy atom. The van der Waals surface area contributed by atoms with Gasteiger partial charge >= 0.3 is 0 Å². The number of hydrogen-bond donors (Lipinski definition) is 1. The van der Waals surface area contributed by atoms with Crippen LogP contribution in [0, 0.1) is 16.7 Å². The summed E-state index contributed by atoms with van der Waals surface area (Å²) in [5.41, 5.74) is 1.45. The molecule has 0 radical (unpaired) electrons. The summed E-state index contributed by atoms with van der Waals surface area (Å²) in [4.78, 5) is 0. The van der Waals surface area contributed by atoms with Crippen molar-refractivity contribution in [2.24, 2.45) is 16.7 Å². The molecule has 7 aliphatic rings. The standard InChI is InChI=1S/C29H46O7/c1-27(16-21-8-9-22(17-32-21)36-29(27,3)30)12-10-18-6-5-7-19-14-20(11-13-28(18,19)2)33-24-15-23(31-4)25-26(34-24)35-25/h7,18,20-26,30H,5-6,8-17H2,1-4H3/t18-,20+,21-,22+,23?,24?,25?,26?,27-,28-,29-/m1/s1. The molecule has 4 unspecified atom stereocenters. The first kappa shape index (κ1) is 25.7. The zero-order chi connectivity index (χ0) is 25.1. The van der Waals surface area contributed by atoms with Crippen molar-refractivity contribution < 1.29 is 33.5 Å². The van der Waals surface area contributed by atoms with E-state index in [1.807, 2.05) is 6.92 Å². The Morgan fingerprint density at radius 2 is 1.92 bits per heavy atom. The van der Waals surface area contributed by atoms with E-state index in [4.69, 9.17) is 28.4 Å². The van der Waals surface area contributed by atoms with Crippen molar-refractivity contribution in [3.8, 4) is 0 Å². The second kappa shape index (κ2) is 9.58. The third-order valence-electron chi connectivity index (χ3n) is 10.7. The number of fused-ring (bicyclic) bond motifs is 7. The minimum Gasteiger partial charge on any atom is -0.378 e. The molecule has 1 N–H and O–H groups in total. The van der Waals surface area contributed by atoms with Crippen LogP contribution in [-0.4, -0.2) is 67.7 Å². The van der Waals surface area contributed by atoms with E-state index in [9.17, 15) is 5.11 Å². The molecule has 6 fully saturated rings. The van der Waals surface area contributed by atoms with Gasteiger partial charge in [0.25, 0.3) is 0 Å². The molecule has 0 amide bonds. The quantitative estimate of drug-likeness (QED) is 0.408. The van der Waals surface area contributed by atoms with Crippen LogP contribution in [0.4, 0.5) is 0 Å². The molecular weight excluding hydrogens is 460 g/mol. The summed E-state index contributed by atoms with van der Waals surface area (Å²) >= 11 is 0. The number of ether oxygens (including phenoxy) is 6. The molecule has 7 nitrogen and oxygen atoms in total. The first-order chi connectivity index (χ1) is 17.2. The van der Waals surface area contributed by atoms with E-state index in [-0.39, 0.29) is 53.9 Å². The minimum absolute atomic E-state index is 0.0116. The van der Waals surface area contributed by atoms with Crippen molar-refractivity contribution in [2.75, 3.05) is 13.7 Å². The molecule has 36 heavy (non-hydrogen) atoms. The summed E-state index contributed by atoms with van der Waals surface area (Å²) in [5.74, 6) is -0.511. The fourth-order valence-electron chi connectivity index (χ4n) is 7.91. The number of rotatable bonds is 6. The Morgan fingerprint density at radius 3 is 2.69 bits per heavy atom. The largest absolute Gasteiger partial charge is 0.378 e. The molecule has 1 saturated carbocycles. The number of methoxy groups -OCH3 is 1. The summed E-state index contributed by atoms with van der Waals surface area (Å²) in [6.07, 6.45) is 13.9. The van der Waals surface area contributed by atoms with Gasteiger partial charge in [0.05, 0.1) is 31.0 Å². The van der Waals surface area contributed by atoms with Gasteiger partial charge in [0, 0.05) is 18.9 Å². The van der Waals surface area contributed by atoms with E-state index < -0.39 is 5.79 Å². The Kier molecular flexibility index (Phi) is 6.85. The molecule has 204 valence electrons. The fourth-order valence-corrected chi connectivity index (χ4v) is 7.91. The van der Waals surface area contributed by atoms with Crippen molar-refractivity contribution >= 4 is 0 Å². The molecule has 0 aromatic heterocycles. The molecule has 5 saturated heterocycles. The normalized spacial score (nSPS) is 52.5. The number of allylic oxidation sites excluding steroid dienone is 1. The van der Waals surface area contributed by atoms with Gasteiger partial charge in [-0.25, -0.2) is 0 Å². The summed E-state index contributed by atoms with van der Waals surface area (Å²) in [5, 5.41) is 11.5. The van der Waals surface area contributed by atoms with E-state index in [0.717, 1.165) is 64.2 Å². The van der Waals surface area contributed by atoms with Crippen LogP contribution in [0.1, 0.15) is 91.4 Å². The van der Waals surface area contributed by atoms with Gasteiger partial charge in [-0.1, -0.05) is 25.5 Å². The van der Waals surface area contributed by atoms with Crippen molar-refractivity contribution in [3.05, 3.63) is 11.6 Å². The van der Waals surface area contributed by atoms with Gasteiger partial charge in [-0.3, -0.25) is 0 Å². The summed E-state index contributed by atoms with van der Waals surface area (Å²) in [6.45, 7) is 7.19. The lowest BCUT2D eigenvalue weighted by atomic mass is 9.57. The van der Waals surface area contributed by atoms with Gasteiger partial charge < -0.3 is 33.5 Å². The number of hydrogen-bond acceptors (Lipinski definition) is 7. The highest BCUT2D eigenvalue weighted by atomic mass is 16.8. The van der Waals surface area contributed by atoms with Crippen LogP contribution in [0.3, 0.4) is 0 Å². The second-order valence-electron chi connectivity index (χ2n) is 13.0. The molecule has 0 aromatic carbocycles. The molecule has 0 spiro atoms. The first-order valence-corrected chi connectivity index (χ1v) is 14.4. The molecule has 5 aliphatic heterocycles. The van der Waals surface area contributed by atoms with E-state index in [2.05, 4.69) is 19.9 Å². The van der Waals surface area contributed by atoms with E-state index in [0.29, 0.717) is 12.5 Å². The maximum atomic E-state index is 11.5. The van der Waals surface area contributed by atoms with Crippen LogP contribution in [0.5, 0.6) is 0 Å². The lowest BCUT2D eigenvalue weighted by molar-refractivity contribution is -0.318. The Bertz CT molecular complexity index is 835. The van der Waals surface area contributed by atoms with Gasteiger partial charge in [0.1, 0.15) is 6.10 Å². The van der Waals surface area contributed by atoms with Crippen LogP contribution in [0.15, 0.2) is 11.6 Å². The Balaban J connectivity index is 1.08. The topological polar surface area (TPSA) is 78.9 Å². The summed E-state index contributed by atoms with van der Waals surface area (Å²) in [6, 6.07) is 0. The highest BCUT2D eigenvalue weighted by Gasteiger charge is 2.54. The SMILES string of the molecule is COC1CC(O[C@H]2CC[C@@]3(C)C(=CCC[C@@H]3CC[C@]3(C)C[C@H]4CC[C@@H](CO4)O[C@@]3(C)O)C2)OC2OC12. The van der Waals surface area contributed by atoms with Crippen LogP contribution in [0.2, 0.25) is 0 Å². The molecule has 11 atom stereocenters. The van der Waals surface area contributed by atoms with Crippen molar-refractivity contribution in [1.29, 1.82) is 0 Å². The fraction of sp³-hybridized carbons (Fsp3) is 0.931. The third kappa shape index (κ3) is 4.72. The van der Waals surface area contributed by atoms with E-state index in [1.165, 1.54) is 6.42 Å². The van der Waals surface area contributed by atoms with E-state index in [1.54, 1.807) is 12.7 Å². The summed E-state index contributed by atoms with van der Waals surface area (Å²) in [7, 11) is 1.74. The minimum atomic E-state index is -1.12. The first-order valence-electron chi connectivity index (χ1n) is 14.4. The maximum Gasteiger partial charge on any atom is 0.190 e.